The van der Waals surface area contributed by atoms with E-state index in [1.165, 1.54) is 12.8 Å². The molecule has 0 saturated heterocycles. The maximum absolute atomic E-state index is 4.24. The highest BCUT2D eigenvalue weighted by Crippen LogP contribution is 2.43. The molecular formula is C11H21N3. The molecule has 0 unspecified atom stereocenters. The summed E-state index contributed by atoms with van der Waals surface area (Å²) in [7, 11) is 2.02. The van der Waals surface area contributed by atoms with E-state index >= 15 is 0 Å². The number of hydrazone groups is 1. The van der Waals surface area contributed by atoms with Gasteiger partial charge in [-0.15, -0.1) is 0 Å². The average molecular weight is 195 g/mol. The Balaban J connectivity index is 1.81. The quantitative estimate of drug-likeness (QED) is 0.637. The second-order valence-corrected chi connectivity index (χ2v) is 5.73. The highest BCUT2D eigenvalue weighted by atomic mass is 15.6. The van der Waals surface area contributed by atoms with Crippen LogP contribution in [-0.2, 0) is 0 Å². The minimum absolute atomic E-state index is 0.485. The molecule has 3 heteroatoms. The Morgan fingerprint density at radius 1 is 1.29 bits per heavy atom. The first-order chi connectivity index (χ1) is 6.47. The van der Waals surface area contributed by atoms with E-state index in [1.807, 2.05) is 18.4 Å². The Morgan fingerprint density at radius 2 is 1.93 bits per heavy atom. The first-order valence-corrected chi connectivity index (χ1v) is 5.48. The fourth-order valence-electron chi connectivity index (χ4n) is 2.24. The van der Waals surface area contributed by atoms with Crippen molar-refractivity contribution in [2.24, 2.45) is 16.4 Å². The summed E-state index contributed by atoms with van der Waals surface area (Å²) in [6.45, 7) is 8.01. The van der Waals surface area contributed by atoms with Gasteiger partial charge in [0.05, 0.1) is 0 Å². The third kappa shape index (κ3) is 1.72. The van der Waals surface area contributed by atoms with Gasteiger partial charge in [-0.3, -0.25) is 5.01 Å². The molecule has 14 heavy (non-hydrogen) atoms. The van der Waals surface area contributed by atoms with Crippen LogP contribution in [0.1, 0.15) is 33.6 Å². The van der Waals surface area contributed by atoms with Crippen molar-refractivity contribution >= 4 is 6.34 Å². The van der Waals surface area contributed by atoms with Crippen LogP contribution >= 0.6 is 0 Å². The fourth-order valence-corrected chi connectivity index (χ4v) is 2.24. The summed E-state index contributed by atoms with van der Waals surface area (Å²) in [5, 5.41) is 6.23. The lowest BCUT2D eigenvalue weighted by Gasteiger charge is -2.47. The van der Waals surface area contributed by atoms with E-state index in [-0.39, 0.29) is 0 Å². The van der Waals surface area contributed by atoms with Gasteiger partial charge in [0.2, 0.25) is 0 Å². The molecule has 2 aliphatic rings. The maximum Gasteiger partial charge on any atom is 0.113 e. The van der Waals surface area contributed by atoms with Gasteiger partial charge in [-0.1, -0.05) is 20.8 Å². The lowest BCUT2D eigenvalue weighted by molar-refractivity contribution is 0.0476. The number of hydrogen-bond donors (Lipinski definition) is 0. The number of hydrogen-bond acceptors (Lipinski definition) is 3. The van der Waals surface area contributed by atoms with Crippen molar-refractivity contribution in [2.75, 3.05) is 13.7 Å². The molecular weight excluding hydrogens is 174 g/mol. The van der Waals surface area contributed by atoms with Gasteiger partial charge in [-0.05, 0) is 24.2 Å². The highest BCUT2D eigenvalue weighted by molar-refractivity contribution is 5.56. The molecule has 1 aliphatic carbocycles. The molecule has 0 aromatic carbocycles. The van der Waals surface area contributed by atoms with Crippen molar-refractivity contribution in [3.63, 3.8) is 0 Å². The van der Waals surface area contributed by atoms with Crippen LogP contribution in [0.4, 0.5) is 0 Å². The normalized spacial score (nSPS) is 32.3. The van der Waals surface area contributed by atoms with E-state index < -0.39 is 0 Å². The summed E-state index contributed by atoms with van der Waals surface area (Å²) in [4.78, 5) is 2.36. The Hall–Kier alpha value is -0.730. The monoisotopic (exact) mass is 195 g/mol. The van der Waals surface area contributed by atoms with Crippen molar-refractivity contribution in [3.05, 3.63) is 0 Å². The van der Waals surface area contributed by atoms with Crippen LogP contribution in [-0.4, -0.2) is 36.0 Å². The molecule has 0 radical (unpaired) electrons. The smallest absolute Gasteiger partial charge is 0.113 e. The summed E-state index contributed by atoms with van der Waals surface area (Å²) in [6, 6.07) is 0.743. The minimum Gasteiger partial charge on any atom is -0.339 e. The zero-order chi connectivity index (χ0) is 10.3. The lowest BCUT2D eigenvalue weighted by atomic mass is 9.65. The van der Waals surface area contributed by atoms with Crippen molar-refractivity contribution in [1.82, 2.24) is 9.91 Å². The largest absolute Gasteiger partial charge is 0.339 e. The van der Waals surface area contributed by atoms with Gasteiger partial charge in [0.15, 0.2) is 0 Å². The molecule has 0 spiro atoms. The summed E-state index contributed by atoms with van der Waals surface area (Å²) in [5.41, 5.74) is 0.485. The Bertz CT molecular complexity index is 235. The lowest BCUT2D eigenvalue weighted by Crippen LogP contribution is -2.47. The van der Waals surface area contributed by atoms with Crippen molar-refractivity contribution in [3.8, 4) is 0 Å². The molecule has 80 valence electrons. The SMILES string of the molecule is CN1CN(C2CC(C(C)(C)C)C2)C=N1. The van der Waals surface area contributed by atoms with Gasteiger partial charge in [-0.25, -0.2) is 0 Å². The summed E-state index contributed by atoms with van der Waals surface area (Å²) >= 11 is 0. The average Bonchev–Trinajstić information content (AvgIpc) is 2.28. The van der Waals surface area contributed by atoms with Crippen LogP contribution in [0.5, 0.6) is 0 Å². The Morgan fingerprint density at radius 3 is 2.36 bits per heavy atom. The molecule has 1 aliphatic heterocycles. The van der Waals surface area contributed by atoms with Gasteiger partial charge < -0.3 is 4.90 Å². The standard InChI is InChI=1S/C11H21N3/c1-11(2,3)9-5-10(6-9)14-7-12-13(4)8-14/h7,9-10H,5-6,8H2,1-4H3. The zero-order valence-corrected chi connectivity index (χ0v) is 9.70. The molecule has 1 fully saturated rings. The van der Waals surface area contributed by atoms with E-state index in [0.717, 1.165) is 18.6 Å². The molecule has 0 N–H and O–H groups in total. The van der Waals surface area contributed by atoms with Gasteiger partial charge >= 0.3 is 0 Å². The van der Waals surface area contributed by atoms with E-state index in [9.17, 15) is 0 Å². The van der Waals surface area contributed by atoms with Crippen LogP contribution in [0.15, 0.2) is 5.10 Å². The summed E-state index contributed by atoms with van der Waals surface area (Å²) in [5.74, 6) is 0.895. The van der Waals surface area contributed by atoms with Gasteiger partial charge in [0.25, 0.3) is 0 Å². The minimum atomic E-state index is 0.485. The third-order valence-electron chi connectivity index (χ3n) is 3.57. The molecule has 2 rings (SSSR count). The fraction of sp³-hybridized carbons (Fsp3) is 0.909. The van der Waals surface area contributed by atoms with Crippen LogP contribution in [0.2, 0.25) is 0 Å². The molecule has 3 nitrogen and oxygen atoms in total. The predicted octanol–water partition coefficient (Wildman–Crippen LogP) is 1.96. The van der Waals surface area contributed by atoms with Crippen LogP contribution < -0.4 is 0 Å². The topological polar surface area (TPSA) is 18.8 Å². The molecule has 0 aromatic rings. The molecule has 0 amide bonds. The van der Waals surface area contributed by atoms with Gasteiger partial charge in [0.1, 0.15) is 13.0 Å². The maximum atomic E-state index is 4.24. The van der Waals surface area contributed by atoms with E-state index in [1.54, 1.807) is 0 Å². The van der Waals surface area contributed by atoms with Gasteiger partial charge in [0, 0.05) is 13.1 Å². The first kappa shape index (κ1) is 9.81. The summed E-state index contributed by atoms with van der Waals surface area (Å²) < 4.78 is 0. The first-order valence-electron chi connectivity index (χ1n) is 5.48. The van der Waals surface area contributed by atoms with Gasteiger partial charge in [-0.2, -0.15) is 5.10 Å². The van der Waals surface area contributed by atoms with E-state index in [4.69, 9.17) is 0 Å². The molecule has 1 saturated carbocycles. The second-order valence-electron chi connectivity index (χ2n) is 5.73. The van der Waals surface area contributed by atoms with Crippen molar-refractivity contribution in [2.45, 2.75) is 39.7 Å². The Labute approximate surface area is 86.8 Å². The van der Waals surface area contributed by atoms with Crippen LogP contribution in [0.25, 0.3) is 0 Å². The summed E-state index contributed by atoms with van der Waals surface area (Å²) in [6.07, 6.45) is 4.66. The van der Waals surface area contributed by atoms with Crippen LogP contribution in [0.3, 0.4) is 0 Å². The molecule has 0 bridgehead atoms. The van der Waals surface area contributed by atoms with Crippen molar-refractivity contribution in [1.29, 1.82) is 0 Å². The second kappa shape index (κ2) is 3.14. The van der Waals surface area contributed by atoms with E-state index in [0.29, 0.717) is 5.41 Å². The zero-order valence-electron chi connectivity index (χ0n) is 9.70. The number of rotatable bonds is 1. The molecule has 1 heterocycles. The van der Waals surface area contributed by atoms with Crippen molar-refractivity contribution < 1.29 is 0 Å². The molecule has 0 aromatic heterocycles. The van der Waals surface area contributed by atoms with Crippen LogP contribution in [0, 0.1) is 11.3 Å². The van der Waals surface area contributed by atoms with E-state index in [2.05, 4.69) is 30.8 Å². The number of nitrogens with zero attached hydrogens (tertiary/aromatic N) is 3. The predicted molar refractivity (Wildman–Crippen MR) is 58.9 cm³/mol. The Kier molecular flexibility index (Phi) is 2.20. The highest BCUT2D eigenvalue weighted by Gasteiger charge is 2.40. The molecule has 0 atom stereocenters. The third-order valence-corrected chi connectivity index (χ3v) is 3.57.